The Kier molecular flexibility index (Phi) is 4.10. The summed E-state index contributed by atoms with van der Waals surface area (Å²) in [6, 6.07) is 10.9. The van der Waals surface area contributed by atoms with Gasteiger partial charge in [-0.2, -0.15) is 0 Å². The van der Waals surface area contributed by atoms with Crippen LogP contribution in [0.5, 0.6) is 5.75 Å². The van der Waals surface area contributed by atoms with E-state index in [-0.39, 0.29) is 16.6 Å². The molecule has 2 heterocycles. The summed E-state index contributed by atoms with van der Waals surface area (Å²) in [6.07, 6.45) is 7.31. The summed E-state index contributed by atoms with van der Waals surface area (Å²) in [7, 11) is -1.66. The number of pyridine rings is 1. The second-order valence-electron chi connectivity index (χ2n) is 8.27. The molecule has 2 aliphatic rings. The highest BCUT2D eigenvalue weighted by molar-refractivity contribution is 7.90. The Morgan fingerprint density at radius 1 is 1.03 bits per heavy atom. The molecule has 29 heavy (non-hydrogen) atoms. The molecule has 1 aromatic heterocycles. The van der Waals surface area contributed by atoms with Crippen molar-refractivity contribution in [2.45, 2.75) is 36.7 Å². The fourth-order valence-corrected chi connectivity index (χ4v) is 5.03. The Balaban J connectivity index is 1.82. The Morgan fingerprint density at radius 2 is 1.76 bits per heavy atom. The Hall–Kier alpha value is -2.60. The van der Waals surface area contributed by atoms with Gasteiger partial charge in [-0.1, -0.05) is 18.2 Å². The SMILES string of the molecule is Cn1cc(-c2cc(S(C)(=O)=O)cc3c2OC(C2CC2)CC3)c2ccccc2c1=O. The lowest BCUT2D eigenvalue weighted by Gasteiger charge is -2.29. The lowest BCUT2D eigenvalue weighted by molar-refractivity contribution is 0.152. The van der Waals surface area contributed by atoms with Gasteiger partial charge in [0.05, 0.1) is 4.90 Å². The fourth-order valence-electron chi connectivity index (χ4n) is 4.34. The lowest BCUT2D eigenvalue weighted by Crippen LogP contribution is -2.25. The van der Waals surface area contributed by atoms with Gasteiger partial charge < -0.3 is 9.30 Å². The molecule has 1 fully saturated rings. The monoisotopic (exact) mass is 409 g/mol. The third kappa shape index (κ3) is 3.15. The van der Waals surface area contributed by atoms with Crippen molar-refractivity contribution >= 4 is 20.6 Å². The van der Waals surface area contributed by atoms with E-state index in [2.05, 4.69) is 0 Å². The third-order valence-electron chi connectivity index (χ3n) is 6.06. The van der Waals surface area contributed by atoms with Crippen LogP contribution in [0.25, 0.3) is 21.9 Å². The molecule has 0 N–H and O–H groups in total. The highest BCUT2D eigenvalue weighted by atomic mass is 32.2. The van der Waals surface area contributed by atoms with E-state index in [1.54, 1.807) is 29.9 Å². The average Bonchev–Trinajstić information content (AvgIpc) is 3.54. The van der Waals surface area contributed by atoms with E-state index in [4.69, 9.17) is 4.74 Å². The summed E-state index contributed by atoms with van der Waals surface area (Å²) in [5.74, 6) is 1.37. The predicted octanol–water partition coefficient (Wildman–Crippen LogP) is 3.71. The molecule has 0 radical (unpaired) electrons. The van der Waals surface area contributed by atoms with Gasteiger partial charge in [0, 0.05) is 36.0 Å². The van der Waals surface area contributed by atoms with Crippen molar-refractivity contribution in [2.75, 3.05) is 6.26 Å². The molecule has 150 valence electrons. The smallest absolute Gasteiger partial charge is 0.258 e. The van der Waals surface area contributed by atoms with Gasteiger partial charge in [0.15, 0.2) is 9.84 Å². The van der Waals surface area contributed by atoms with Gasteiger partial charge in [-0.15, -0.1) is 0 Å². The summed E-state index contributed by atoms with van der Waals surface area (Å²) in [5.41, 5.74) is 2.42. The van der Waals surface area contributed by atoms with Crippen LogP contribution in [0.1, 0.15) is 24.8 Å². The van der Waals surface area contributed by atoms with Crippen molar-refractivity contribution in [3.05, 3.63) is 58.5 Å². The van der Waals surface area contributed by atoms with Crippen molar-refractivity contribution in [2.24, 2.45) is 13.0 Å². The molecule has 1 atom stereocenters. The molecule has 1 aliphatic carbocycles. The predicted molar refractivity (Wildman–Crippen MR) is 113 cm³/mol. The number of hydrogen-bond acceptors (Lipinski definition) is 4. The molecule has 5 nitrogen and oxygen atoms in total. The summed E-state index contributed by atoms with van der Waals surface area (Å²) in [5, 5.41) is 1.42. The van der Waals surface area contributed by atoms with Crippen LogP contribution >= 0.6 is 0 Å². The van der Waals surface area contributed by atoms with E-state index < -0.39 is 9.84 Å². The van der Waals surface area contributed by atoms with E-state index >= 15 is 0 Å². The Labute approximate surface area is 169 Å². The molecule has 2 aromatic carbocycles. The number of sulfone groups is 1. The highest BCUT2D eigenvalue weighted by Crippen LogP contribution is 2.46. The van der Waals surface area contributed by atoms with Crippen molar-refractivity contribution in [3.63, 3.8) is 0 Å². The molecule has 5 rings (SSSR count). The number of benzene rings is 2. The molecule has 0 bridgehead atoms. The average molecular weight is 410 g/mol. The number of nitrogens with zero attached hydrogens (tertiary/aromatic N) is 1. The second-order valence-corrected chi connectivity index (χ2v) is 10.3. The van der Waals surface area contributed by atoms with Crippen LogP contribution in [-0.4, -0.2) is 25.3 Å². The first-order valence-corrected chi connectivity index (χ1v) is 11.8. The minimum absolute atomic E-state index is 0.0748. The molecule has 6 heteroatoms. The van der Waals surface area contributed by atoms with Crippen LogP contribution in [0, 0.1) is 5.92 Å². The fraction of sp³-hybridized carbons (Fsp3) is 0.348. The zero-order valence-electron chi connectivity index (χ0n) is 16.5. The number of ether oxygens (including phenoxy) is 1. The maximum absolute atomic E-state index is 12.6. The zero-order valence-corrected chi connectivity index (χ0v) is 17.3. The van der Waals surface area contributed by atoms with Crippen molar-refractivity contribution in [1.82, 2.24) is 4.57 Å². The van der Waals surface area contributed by atoms with Gasteiger partial charge in [0.2, 0.25) is 0 Å². The van der Waals surface area contributed by atoms with Gasteiger partial charge >= 0.3 is 0 Å². The molecule has 1 saturated carbocycles. The summed E-state index contributed by atoms with van der Waals surface area (Å²) in [6.45, 7) is 0. The minimum atomic E-state index is -3.38. The third-order valence-corrected chi connectivity index (χ3v) is 7.16. The normalized spacial score (nSPS) is 19.0. The van der Waals surface area contributed by atoms with Crippen LogP contribution in [-0.2, 0) is 23.3 Å². The number of aromatic nitrogens is 1. The zero-order chi connectivity index (χ0) is 20.3. The van der Waals surface area contributed by atoms with Gasteiger partial charge in [-0.05, 0) is 60.7 Å². The van der Waals surface area contributed by atoms with E-state index in [0.717, 1.165) is 40.7 Å². The highest BCUT2D eigenvalue weighted by Gasteiger charge is 2.36. The molecule has 0 spiro atoms. The van der Waals surface area contributed by atoms with Crippen LogP contribution < -0.4 is 10.3 Å². The Bertz CT molecular complexity index is 1300. The lowest BCUT2D eigenvalue weighted by atomic mass is 9.93. The second kappa shape index (κ2) is 6.46. The molecule has 0 amide bonds. The number of hydrogen-bond donors (Lipinski definition) is 0. The standard InChI is InChI=1S/C23H23NO4S/c1-24-13-20(17-5-3-4-6-18(17)23(24)25)19-12-16(29(2,26)27)11-15-9-10-21(14-7-8-14)28-22(15)19/h3-6,11-14,21H,7-10H2,1-2H3. The maximum atomic E-state index is 12.6. The number of rotatable bonds is 3. The van der Waals surface area contributed by atoms with Crippen molar-refractivity contribution in [1.29, 1.82) is 0 Å². The maximum Gasteiger partial charge on any atom is 0.258 e. The van der Waals surface area contributed by atoms with Crippen LogP contribution in [0.15, 0.2) is 52.3 Å². The molecular weight excluding hydrogens is 386 g/mol. The molecule has 1 aliphatic heterocycles. The van der Waals surface area contributed by atoms with Crippen LogP contribution in [0.4, 0.5) is 0 Å². The largest absolute Gasteiger partial charge is 0.489 e. The summed E-state index contributed by atoms with van der Waals surface area (Å²) in [4.78, 5) is 12.9. The van der Waals surface area contributed by atoms with Crippen LogP contribution in [0.3, 0.4) is 0 Å². The van der Waals surface area contributed by atoms with E-state index in [1.165, 1.54) is 19.1 Å². The van der Waals surface area contributed by atoms with Crippen molar-refractivity contribution < 1.29 is 13.2 Å². The van der Waals surface area contributed by atoms with Gasteiger partial charge in [-0.3, -0.25) is 4.79 Å². The van der Waals surface area contributed by atoms with Crippen LogP contribution in [0.2, 0.25) is 0 Å². The van der Waals surface area contributed by atoms with Gasteiger partial charge in [-0.25, -0.2) is 8.42 Å². The van der Waals surface area contributed by atoms with Gasteiger partial charge in [0.25, 0.3) is 5.56 Å². The topological polar surface area (TPSA) is 65.4 Å². The molecule has 0 saturated heterocycles. The number of aryl methyl sites for hydroxylation is 2. The molecular formula is C23H23NO4S. The summed E-state index contributed by atoms with van der Waals surface area (Å²) < 4.78 is 32.7. The Morgan fingerprint density at radius 3 is 2.45 bits per heavy atom. The van der Waals surface area contributed by atoms with E-state index in [0.29, 0.717) is 11.3 Å². The summed E-state index contributed by atoms with van der Waals surface area (Å²) >= 11 is 0. The van der Waals surface area contributed by atoms with E-state index in [9.17, 15) is 13.2 Å². The number of fused-ring (bicyclic) bond motifs is 2. The first kappa shape index (κ1) is 18.4. The molecule has 3 aromatic rings. The first-order chi connectivity index (χ1) is 13.8. The quantitative estimate of drug-likeness (QED) is 0.661. The first-order valence-electron chi connectivity index (χ1n) is 9.95. The van der Waals surface area contributed by atoms with E-state index in [1.807, 2.05) is 24.3 Å². The van der Waals surface area contributed by atoms with Gasteiger partial charge in [0.1, 0.15) is 11.9 Å². The minimum Gasteiger partial charge on any atom is -0.489 e. The molecule has 1 unspecified atom stereocenters. The van der Waals surface area contributed by atoms with Crippen molar-refractivity contribution in [3.8, 4) is 16.9 Å².